The van der Waals surface area contributed by atoms with E-state index in [1.165, 1.54) is 10.4 Å². The molecule has 0 aliphatic carbocycles. The first-order valence-corrected chi connectivity index (χ1v) is 8.06. The van der Waals surface area contributed by atoms with E-state index in [2.05, 4.69) is 4.72 Å². The lowest BCUT2D eigenvalue weighted by atomic mass is 10.1. The smallest absolute Gasteiger partial charge is 0.301 e. The predicted octanol–water partition coefficient (Wildman–Crippen LogP) is 2.45. The minimum atomic E-state index is -3.53. The van der Waals surface area contributed by atoms with E-state index in [1.54, 1.807) is 12.1 Å². The Bertz CT molecular complexity index is 562. The molecule has 0 radical (unpaired) electrons. The fourth-order valence-corrected chi connectivity index (χ4v) is 3.90. The number of halogens is 1. The molecule has 1 aromatic rings. The van der Waals surface area contributed by atoms with Crippen LogP contribution in [-0.2, 0) is 10.2 Å². The lowest BCUT2D eigenvalue weighted by Gasteiger charge is -2.32. The second-order valence-corrected chi connectivity index (χ2v) is 6.83. The van der Waals surface area contributed by atoms with Crippen LogP contribution in [0.2, 0.25) is 5.02 Å². The molecule has 1 saturated heterocycles. The van der Waals surface area contributed by atoms with Crippen molar-refractivity contribution in [2.75, 3.05) is 17.0 Å². The Labute approximate surface area is 118 Å². The largest absolute Gasteiger partial charge is 0.398 e. The van der Waals surface area contributed by atoms with Crippen molar-refractivity contribution in [1.82, 2.24) is 4.31 Å². The van der Waals surface area contributed by atoms with Crippen LogP contribution in [0.4, 0.5) is 11.4 Å². The van der Waals surface area contributed by atoms with Crippen LogP contribution in [0.3, 0.4) is 0 Å². The normalized spacial score (nSPS) is 21.3. The summed E-state index contributed by atoms with van der Waals surface area (Å²) in [6, 6.07) is 4.73. The number of hydrogen-bond donors (Lipinski definition) is 2. The highest BCUT2D eigenvalue weighted by atomic mass is 35.5. The molecule has 1 aliphatic rings. The quantitative estimate of drug-likeness (QED) is 0.842. The molecule has 0 saturated carbocycles. The minimum Gasteiger partial charge on any atom is -0.398 e. The Morgan fingerprint density at radius 1 is 1.42 bits per heavy atom. The fourth-order valence-electron chi connectivity index (χ4n) is 2.23. The van der Waals surface area contributed by atoms with E-state index in [9.17, 15) is 8.42 Å². The van der Waals surface area contributed by atoms with Gasteiger partial charge >= 0.3 is 10.2 Å². The Kier molecular flexibility index (Phi) is 4.23. The Morgan fingerprint density at radius 2 is 2.16 bits per heavy atom. The molecule has 2 rings (SSSR count). The van der Waals surface area contributed by atoms with Crippen molar-refractivity contribution in [2.45, 2.75) is 32.2 Å². The van der Waals surface area contributed by atoms with Gasteiger partial charge in [0, 0.05) is 12.6 Å². The van der Waals surface area contributed by atoms with Crippen LogP contribution in [0.15, 0.2) is 18.2 Å². The standard InChI is InChI=1S/C12H18ClN3O2S/c1-9-4-2-3-7-16(9)19(17,18)15-10-5-6-12(14)11(13)8-10/h5-6,8-9,15H,2-4,7,14H2,1H3. The van der Waals surface area contributed by atoms with E-state index in [1.807, 2.05) is 6.92 Å². The van der Waals surface area contributed by atoms with Crippen LogP contribution in [0.1, 0.15) is 26.2 Å². The molecule has 7 heteroatoms. The molecule has 1 aliphatic heterocycles. The van der Waals surface area contributed by atoms with Crippen molar-refractivity contribution in [3.63, 3.8) is 0 Å². The molecular formula is C12H18ClN3O2S. The minimum absolute atomic E-state index is 0.0236. The second-order valence-electron chi connectivity index (χ2n) is 4.80. The zero-order valence-electron chi connectivity index (χ0n) is 10.8. The van der Waals surface area contributed by atoms with Crippen molar-refractivity contribution in [1.29, 1.82) is 0 Å². The maximum absolute atomic E-state index is 12.3. The first-order valence-electron chi connectivity index (χ1n) is 6.25. The molecular weight excluding hydrogens is 286 g/mol. The summed E-state index contributed by atoms with van der Waals surface area (Å²) in [5.74, 6) is 0. The Hall–Kier alpha value is -0.980. The van der Waals surface area contributed by atoms with Crippen LogP contribution < -0.4 is 10.5 Å². The van der Waals surface area contributed by atoms with Gasteiger partial charge in [0.2, 0.25) is 0 Å². The molecule has 1 atom stereocenters. The van der Waals surface area contributed by atoms with Gasteiger partial charge in [0.25, 0.3) is 0 Å². The number of nitrogens with zero attached hydrogens (tertiary/aromatic N) is 1. The number of piperidine rings is 1. The average Bonchev–Trinajstić information content (AvgIpc) is 2.34. The van der Waals surface area contributed by atoms with Gasteiger partial charge in [-0.3, -0.25) is 4.72 Å². The van der Waals surface area contributed by atoms with Gasteiger partial charge in [0.1, 0.15) is 0 Å². The number of nitrogen functional groups attached to an aromatic ring is 1. The van der Waals surface area contributed by atoms with E-state index < -0.39 is 10.2 Å². The van der Waals surface area contributed by atoms with Crippen molar-refractivity contribution >= 4 is 33.2 Å². The summed E-state index contributed by atoms with van der Waals surface area (Å²) in [4.78, 5) is 0. The first kappa shape index (κ1) is 14.4. The van der Waals surface area contributed by atoms with Gasteiger partial charge < -0.3 is 5.73 Å². The summed E-state index contributed by atoms with van der Waals surface area (Å²) in [7, 11) is -3.53. The second kappa shape index (κ2) is 5.56. The van der Waals surface area contributed by atoms with Gasteiger partial charge in [-0.25, -0.2) is 0 Å². The molecule has 1 heterocycles. The zero-order valence-corrected chi connectivity index (χ0v) is 12.3. The van der Waals surface area contributed by atoms with E-state index in [4.69, 9.17) is 17.3 Å². The number of nitrogens with one attached hydrogen (secondary N) is 1. The Morgan fingerprint density at radius 3 is 2.79 bits per heavy atom. The maximum atomic E-state index is 12.3. The van der Waals surface area contributed by atoms with Crippen LogP contribution in [0, 0.1) is 0 Å². The summed E-state index contributed by atoms with van der Waals surface area (Å²) in [6.07, 6.45) is 2.86. The van der Waals surface area contributed by atoms with Crippen LogP contribution in [0.5, 0.6) is 0 Å². The summed E-state index contributed by atoms with van der Waals surface area (Å²) in [5, 5.41) is 0.340. The van der Waals surface area contributed by atoms with Gasteiger partial charge in [0.15, 0.2) is 0 Å². The van der Waals surface area contributed by atoms with E-state index in [0.29, 0.717) is 22.9 Å². The lowest BCUT2D eigenvalue weighted by molar-refractivity contribution is 0.270. The molecule has 1 fully saturated rings. The molecule has 0 aromatic heterocycles. The van der Waals surface area contributed by atoms with Crippen molar-refractivity contribution in [3.8, 4) is 0 Å². The molecule has 1 unspecified atom stereocenters. The molecule has 3 N–H and O–H groups in total. The van der Waals surface area contributed by atoms with Crippen molar-refractivity contribution in [2.24, 2.45) is 0 Å². The van der Waals surface area contributed by atoms with E-state index in [-0.39, 0.29) is 6.04 Å². The van der Waals surface area contributed by atoms with Crippen LogP contribution >= 0.6 is 11.6 Å². The van der Waals surface area contributed by atoms with E-state index >= 15 is 0 Å². The van der Waals surface area contributed by atoms with Gasteiger partial charge in [-0.1, -0.05) is 18.0 Å². The van der Waals surface area contributed by atoms with Crippen LogP contribution in [0.25, 0.3) is 0 Å². The molecule has 19 heavy (non-hydrogen) atoms. The van der Waals surface area contributed by atoms with Gasteiger partial charge in [-0.2, -0.15) is 12.7 Å². The van der Waals surface area contributed by atoms with Gasteiger partial charge in [-0.15, -0.1) is 0 Å². The maximum Gasteiger partial charge on any atom is 0.301 e. The third-order valence-electron chi connectivity index (χ3n) is 3.30. The van der Waals surface area contributed by atoms with Gasteiger partial charge in [0.05, 0.1) is 16.4 Å². The fraction of sp³-hybridized carbons (Fsp3) is 0.500. The third kappa shape index (κ3) is 3.32. The SMILES string of the molecule is CC1CCCCN1S(=O)(=O)Nc1ccc(N)c(Cl)c1. The highest BCUT2D eigenvalue weighted by Crippen LogP contribution is 2.25. The lowest BCUT2D eigenvalue weighted by Crippen LogP contribution is -2.44. The highest BCUT2D eigenvalue weighted by molar-refractivity contribution is 7.90. The molecule has 5 nitrogen and oxygen atoms in total. The number of anilines is 2. The topological polar surface area (TPSA) is 75.4 Å². The monoisotopic (exact) mass is 303 g/mol. The first-order chi connectivity index (χ1) is 8.90. The number of hydrogen-bond acceptors (Lipinski definition) is 3. The molecule has 106 valence electrons. The zero-order chi connectivity index (χ0) is 14.0. The molecule has 0 spiro atoms. The summed E-state index contributed by atoms with van der Waals surface area (Å²) < 4.78 is 28.6. The highest BCUT2D eigenvalue weighted by Gasteiger charge is 2.29. The molecule has 0 amide bonds. The summed E-state index contributed by atoms with van der Waals surface area (Å²) in [5.41, 5.74) is 6.45. The average molecular weight is 304 g/mol. The number of rotatable bonds is 3. The van der Waals surface area contributed by atoms with Crippen LogP contribution in [-0.4, -0.2) is 25.3 Å². The van der Waals surface area contributed by atoms with Crippen molar-refractivity contribution < 1.29 is 8.42 Å². The number of benzene rings is 1. The molecule has 1 aromatic carbocycles. The third-order valence-corrected chi connectivity index (χ3v) is 5.28. The van der Waals surface area contributed by atoms with Crippen molar-refractivity contribution in [3.05, 3.63) is 23.2 Å². The number of nitrogens with two attached hydrogens (primary N) is 1. The summed E-state index contributed by atoms with van der Waals surface area (Å²) >= 11 is 5.88. The molecule has 0 bridgehead atoms. The van der Waals surface area contributed by atoms with E-state index in [0.717, 1.165) is 19.3 Å². The van der Waals surface area contributed by atoms with Gasteiger partial charge in [-0.05, 0) is 38.0 Å². The summed E-state index contributed by atoms with van der Waals surface area (Å²) in [6.45, 7) is 2.48. The Balaban J connectivity index is 2.18. The predicted molar refractivity (Wildman–Crippen MR) is 78.4 cm³/mol.